The normalized spacial score (nSPS) is 10.2. The summed E-state index contributed by atoms with van der Waals surface area (Å²) in [6.07, 6.45) is 1.35. The fourth-order valence-corrected chi connectivity index (χ4v) is 2.05. The Morgan fingerprint density at radius 2 is 2.10 bits per heavy atom. The summed E-state index contributed by atoms with van der Waals surface area (Å²) in [5.74, 6) is 1.02. The van der Waals surface area contributed by atoms with Crippen LogP contribution in [0.4, 0.5) is 10.2 Å². The minimum Gasteiger partial charge on any atom is -0.489 e. The Hall–Kier alpha value is -1.89. The first-order valence-electron chi connectivity index (χ1n) is 5.90. The average Bonchev–Trinajstić information content (AvgIpc) is 2.38. The van der Waals surface area contributed by atoms with Gasteiger partial charge in [0, 0.05) is 17.1 Å². The molecule has 2 rings (SSSR count). The molecule has 106 valence electrons. The maximum atomic E-state index is 13.3. The molecule has 1 aromatic carbocycles. The van der Waals surface area contributed by atoms with E-state index in [1.165, 1.54) is 25.6 Å². The van der Waals surface area contributed by atoms with Crippen molar-refractivity contribution in [1.29, 1.82) is 0 Å². The van der Waals surface area contributed by atoms with E-state index in [9.17, 15) is 4.39 Å². The zero-order valence-corrected chi connectivity index (χ0v) is 12.6. The van der Waals surface area contributed by atoms with E-state index >= 15 is 0 Å². The minimum atomic E-state index is -0.408. The van der Waals surface area contributed by atoms with E-state index in [1.54, 1.807) is 6.07 Å². The highest BCUT2D eigenvalue weighted by Crippen LogP contribution is 2.34. The summed E-state index contributed by atoms with van der Waals surface area (Å²) in [5, 5.41) is 3.04. The standard InChI is InChI=1S/C13H13BrFN3O2/c1-3-16-12-11(19-2)13(18-7-17-12)20-10-5-8(14)4-9(15)6-10/h4-7H,3H2,1-2H3,(H,16,17,18). The van der Waals surface area contributed by atoms with Crippen LogP contribution < -0.4 is 14.8 Å². The summed E-state index contributed by atoms with van der Waals surface area (Å²) in [4.78, 5) is 8.08. The van der Waals surface area contributed by atoms with E-state index in [1.807, 2.05) is 6.92 Å². The van der Waals surface area contributed by atoms with Crippen molar-refractivity contribution < 1.29 is 13.9 Å². The molecule has 0 fully saturated rings. The van der Waals surface area contributed by atoms with Crippen molar-refractivity contribution in [2.45, 2.75) is 6.92 Å². The molecule has 0 aliphatic carbocycles. The predicted octanol–water partition coefficient (Wildman–Crippen LogP) is 3.61. The molecule has 1 N–H and O–H groups in total. The van der Waals surface area contributed by atoms with Crippen LogP contribution in [0.1, 0.15) is 6.92 Å². The molecule has 20 heavy (non-hydrogen) atoms. The van der Waals surface area contributed by atoms with Crippen LogP contribution in [0.5, 0.6) is 17.4 Å². The number of hydrogen-bond donors (Lipinski definition) is 1. The molecule has 0 amide bonds. The largest absolute Gasteiger partial charge is 0.489 e. The second-order valence-electron chi connectivity index (χ2n) is 3.80. The number of methoxy groups -OCH3 is 1. The van der Waals surface area contributed by atoms with Gasteiger partial charge in [0.15, 0.2) is 5.82 Å². The van der Waals surface area contributed by atoms with E-state index in [0.29, 0.717) is 28.3 Å². The molecule has 0 radical (unpaired) electrons. The molecule has 2 aromatic rings. The molecule has 0 aliphatic rings. The number of hydrogen-bond acceptors (Lipinski definition) is 5. The van der Waals surface area contributed by atoms with E-state index in [4.69, 9.17) is 9.47 Å². The molecule has 1 heterocycles. The van der Waals surface area contributed by atoms with Gasteiger partial charge in [0.05, 0.1) is 7.11 Å². The van der Waals surface area contributed by atoms with Gasteiger partial charge in [0.25, 0.3) is 5.88 Å². The van der Waals surface area contributed by atoms with Crippen molar-refractivity contribution >= 4 is 21.7 Å². The van der Waals surface area contributed by atoms with E-state index in [0.717, 1.165) is 0 Å². The van der Waals surface area contributed by atoms with Crippen LogP contribution in [0.15, 0.2) is 29.0 Å². The Labute approximate surface area is 124 Å². The molecule has 0 aliphatic heterocycles. The lowest BCUT2D eigenvalue weighted by Gasteiger charge is -2.12. The number of ether oxygens (including phenoxy) is 2. The molecule has 1 aromatic heterocycles. The predicted molar refractivity (Wildman–Crippen MR) is 76.9 cm³/mol. The number of nitrogens with one attached hydrogen (secondary N) is 1. The maximum Gasteiger partial charge on any atom is 0.268 e. The fourth-order valence-electron chi connectivity index (χ4n) is 1.61. The maximum absolute atomic E-state index is 13.3. The van der Waals surface area contributed by atoms with Crippen LogP contribution in [-0.2, 0) is 0 Å². The first-order valence-corrected chi connectivity index (χ1v) is 6.70. The second kappa shape index (κ2) is 6.51. The van der Waals surface area contributed by atoms with Gasteiger partial charge < -0.3 is 14.8 Å². The molecule has 0 bridgehead atoms. The minimum absolute atomic E-state index is 0.218. The van der Waals surface area contributed by atoms with Crippen molar-refractivity contribution in [3.05, 3.63) is 34.8 Å². The van der Waals surface area contributed by atoms with Gasteiger partial charge in [-0.05, 0) is 19.1 Å². The van der Waals surface area contributed by atoms with Gasteiger partial charge >= 0.3 is 0 Å². The molecular formula is C13H13BrFN3O2. The quantitative estimate of drug-likeness (QED) is 0.900. The fraction of sp³-hybridized carbons (Fsp3) is 0.231. The first kappa shape index (κ1) is 14.5. The number of benzene rings is 1. The van der Waals surface area contributed by atoms with Gasteiger partial charge in [-0.1, -0.05) is 15.9 Å². The van der Waals surface area contributed by atoms with Gasteiger partial charge in [-0.25, -0.2) is 9.37 Å². The summed E-state index contributed by atoms with van der Waals surface area (Å²) in [6, 6.07) is 4.24. The zero-order valence-electron chi connectivity index (χ0n) is 11.0. The van der Waals surface area contributed by atoms with E-state index in [-0.39, 0.29) is 5.88 Å². The van der Waals surface area contributed by atoms with Crippen LogP contribution in [0.25, 0.3) is 0 Å². The summed E-state index contributed by atoms with van der Waals surface area (Å²) < 4.78 is 24.7. The number of nitrogens with zero attached hydrogens (tertiary/aromatic N) is 2. The van der Waals surface area contributed by atoms with Gasteiger partial charge in [-0.3, -0.25) is 0 Å². The highest BCUT2D eigenvalue weighted by molar-refractivity contribution is 9.10. The number of anilines is 1. The lowest BCUT2D eigenvalue weighted by Crippen LogP contribution is -2.04. The molecule has 0 saturated carbocycles. The van der Waals surface area contributed by atoms with Gasteiger partial charge in [-0.15, -0.1) is 0 Å². The Morgan fingerprint density at radius 1 is 1.30 bits per heavy atom. The highest BCUT2D eigenvalue weighted by Gasteiger charge is 2.14. The summed E-state index contributed by atoms with van der Waals surface area (Å²) in [5.41, 5.74) is 0. The van der Waals surface area contributed by atoms with Crippen molar-refractivity contribution in [2.75, 3.05) is 19.0 Å². The Kier molecular flexibility index (Phi) is 4.73. The topological polar surface area (TPSA) is 56.3 Å². The van der Waals surface area contributed by atoms with Crippen molar-refractivity contribution in [3.63, 3.8) is 0 Å². The van der Waals surface area contributed by atoms with Crippen molar-refractivity contribution in [2.24, 2.45) is 0 Å². The highest BCUT2D eigenvalue weighted by atomic mass is 79.9. The molecular weight excluding hydrogens is 329 g/mol. The zero-order chi connectivity index (χ0) is 14.5. The van der Waals surface area contributed by atoms with Crippen LogP contribution in [0.3, 0.4) is 0 Å². The SMILES string of the molecule is CCNc1ncnc(Oc2cc(F)cc(Br)c2)c1OC. The third-order valence-corrected chi connectivity index (χ3v) is 2.83. The Balaban J connectivity index is 2.35. The number of aromatic nitrogens is 2. The van der Waals surface area contributed by atoms with Crippen LogP contribution in [0, 0.1) is 5.82 Å². The van der Waals surface area contributed by atoms with Crippen LogP contribution in [-0.4, -0.2) is 23.6 Å². The average molecular weight is 342 g/mol. The van der Waals surface area contributed by atoms with Gasteiger partial charge in [0.1, 0.15) is 17.9 Å². The van der Waals surface area contributed by atoms with E-state index in [2.05, 4.69) is 31.2 Å². The molecule has 0 spiro atoms. The summed E-state index contributed by atoms with van der Waals surface area (Å²) in [7, 11) is 1.49. The smallest absolute Gasteiger partial charge is 0.268 e. The molecule has 7 heteroatoms. The third-order valence-electron chi connectivity index (χ3n) is 2.37. The summed E-state index contributed by atoms with van der Waals surface area (Å²) >= 11 is 3.20. The lowest BCUT2D eigenvalue weighted by atomic mass is 10.3. The second-order valence-corrected chi connectivity index (χ2v) is 4.71. The first-order chi connectivity index (χ1) is 9.63. The molecule has 0 atom stereocenters. The van der Waals surface area contributed by atoms with Gasteiger partial charge in [-0.2, -0.15) is 4.98 Å². The number of rotatable bonds is 5. The Bertz CT molecular complexity index is 590. The molecule has 0 saturated heterocycles. The van der Waals surface area contributed by atoms with Gasteiger partial charge in [0.2, 0.25) is 5.75 Å². The third kappa shape index (κ3) is 3.36. The summed E-state index contributed by atoms with van der Waals surface area (Å²) in [6.45, 7) is 2.62. The monoisotopic (exact) mass is 341 g/mol. The van der Waals surface area contributed by atoms with Crippen LogP contribution in [0.2, 0.25) is 0 Å². The van der Waals surface area contributed by atoms with Crippen LogP contribution >= 0.6 is 15.9 Å². The molecule has 5 nitrogen and oxygen atoms in total. The van der Waals surface area contributed by atoms with Crippen molar-refractivity contribution in [3.8, 4) is 17.4 Å². The lowest BCUT2D eigenvalue weighted by molar-refractivity contribution is 0.368. The Morgan fingerprint density at radius 3 is 2.75 bits per heavy atom. The number of halogens is 2. The molecule has 0 unspecified atom stereocenters. The van der Waals surface area contributed by atoms with E-state index < -0.39 is 5.82 Å². The van der Waals surface area contributed by atoms with Crippen molar-refractivity contribution in [1.82, 2.24) is 9.97 Å².